The molecule has 0 saturated carbocycles. The van der Waals surface area contributed by atoms with E-state index in [1.165, 1.54) is 12.1 Å². The summed E-state index contributed by atoms with van der Waals surface area (Å²) in [5, 5.41) is 10.8. The van der Waals surface area contributed by atoms with Crippen LogP contribution in [0.15, 0.2) is 12.1 Å². The van der Waals surface area contributed by atoms with Crippen LogP contribution in [0.3, 0.4) is 0 Å². The lowest BCUT2D eigenvalue weighted by molar-refractivity contribution is -0.384. The maximum Gasteiger partial charge on any atom is 0.288 e. The van der Waals surface area contributed by atoms with Gasteiger partial charge in [-0.05, 0) is 24.1 Å². The van der Waals surface area contributed by atoms with Crippen LogP contribution in [-0.4, -0.2) is 10.7 Å². The Morgan fingerprint density at radius 1 is 1.39 bits per heavy atom. The summed E-state index contributed by atoms with van der Waals surface area (Å²) in [6.45, 7) is 7.28. The number of nitro groups is 1. The molecule has 0 unspecified atom stereocenters. The molecule has 0 aliphatic carbocycles. The van der Waals surface area contributed by atoms with E-state index in [9.17, 15) is 14.9 Å². The average Bonchev–Trinajstić information content (AvgIpc) is 2.21. The van der Waals surface area contributed by atoms with Crippen LogP contribution in [0.2, 0.25) is 5.02 Å². The Balaban J connectivity index is 3.10. The zero-order valence-electron chi connectivity index (χ0n) is 10.9. The van der Waals surface area contributed by atoms with Gasteiger partial charge in [0.1, 0.15) is 10.8 Å². The largest absolute Gasteiger partial charge is 0.299 e. The van der Waals surface area contributed by atoms with Crippen LogP contribution in [-0.2, 0) is 11.2 Å². The van der Waals surface area contributed by atoms with Crippen molar-refractivity contribution >= 4 is 23.1 Å². The molecule has 5 heteroatoms. The monoisotopic (exact) mass is 269 g/mol. The first kappa shape index (κ1) is 14.6. The Kier molecular flexibility index (Phi) is 4.12. The fourth-order valence-electron chi connectivity index (χ4n) is 1.48. The zero-order chi connectivity index (χ0) is 14.1. The van der Waals surface area contributed by atoms with Crippen LogP contribution in [0, 0.1) is 22.5 Å². The fourth-order valence-corrected chi connectivity index (χ4v) is 1.73. The van der Waals surface area contributed by atoms with E-state index >= 15 is 0 Å². The molecule has 98 valence electrons. The maximum absolute atomic E-state index is 11.9. The van der Waals surface area contributed by atoms with E-state index in [1.54, 1.807) is 6.92 Å². The Hall–Kier alpha value is -1.42. The average molecular weight is 270 g/mol. The van der Waals surface area contributed by atoms with E-state index < -0.39 is 10.3 Å². The number of nitro benzene ring substituents is 1. The summed E-state index contributed by atoms with van der Waals surface area (Å²) in [5.41, 5.74) is 0.899. The summed E-state index contributed by atoms with van der Waals surface area (Å²) in [6, 6.07) is 2.92. The van der Waals surface area contributed by atoms with Gasteiger partial charge in [0.05, 0.1) is 4.92 Å². The SMILES string of the molecule is Cc1cc([N+](=O)[O-])c(Cl)cc1CC(=O)C(C)(C)C. The molecule has 1 rings (SSSR count). The van der Waals surface area contributed by atoms with Gasteiger partial charge in [0.15, 0.2) is 0 Å². The van der Waals surface area contributed by atoms with Crippen molar-refractivity contribution in [2.24, 2.45) is 5.41 Å². The highest BCUT2D eigenvalue weighted by molar-refractivity contribution is 6.32. The van der Waals surface area contributed by atoms with Gasteiger partial charge in [-0.15, -0.1) is 0 Å². The van der Waals surface area contributed by atoms with E-state index in [0.717, 1.165) is 5.56 Å². The molecule has 0 saturated heterocycles. The predicted molar refractivity (Wildman–Crippen MR) is 71.0 cm³/mol. The third-order valence-corrected chi connectivity index (χ3v) is 3.09. The third-order valence-electron chi connectivity index (χ3n) is 2.79. The van der Waals surface area contributed by atoms with Crippen LogP contribution in [0.4, 0.5) is 5.69 Å². The molecule has 1 aromatic carbocycles. The van der Waals surface area contributed by atoms with Gasteiger partial charge in [-0.1, -0.05) is 32.4 Å². The van der Waals surface area contributed by atoms with E-state index in [0.29, 0.717) is 5.56 Å². The van der Waals surface area contributed by atoms with Crippen LogP contribution >= 0.6 is 11.6 Å². The molecular formula is C13H16ClNO3. The molecule has 0 bridgehead atoms. The summed E-state index contributed by atoms with van der Waals surface area (Å²) >= 11 is 5.84. The van der Waals surface area contributed by atoms with Crippen molar-refractivity contribution in [2.75, 3.05) is 0 Å². The van der Waals surface area contributed by atoms with E-state index in [2.05, 4.69) is 0 Å². The lowest BCUT2D eigenvalue weighted by atomic mass is 9.86. The quantitative estimate of drug-likeness (QED) is 0.621. The molecule has 0 amide bonds. The molecule has 0 spiro atoms. The number of rotatable bonds is 3. The van der Waals surface area contributed by atoms with Crippen LogP contribution in [0.1, 0.15) is 31.9 Å². The highest BCUT2D eigenvalue weighted by Gasteiger charge is 2.23. The molecule has 0 N–H and O–H groups in total. The highest BCUT2D eigenvalue weighted by Crippen LogP contribution is 2.29. The third kappa shape index (κ3) is 3.29. The molecule has 1 aromatic rings. The second-order valence-electron chi connectivity index (χ2n) is 5.34. The number of halogens is 1. The Bertz CT molecular complexity index is 504. The molecule has 0 fully saturated rings. The predicted octanol–water partition coefficient (Wildman–Crippen LogP) is 3.71. The van der Waals surface area contributed by atoms with E-state index in [-0.39, 0.29) is 22.9 Å². The van der Waals surface area contributed by atoms with Crippen molar-refractivity contribution in [3.8, 4) is 0 Å². The van der Waals surface area contributed by atoms with Gasteiger partial charge < -0.3 is 0 Å². The zero-order valence-corrected chi connectivity index (χ0v) is 11.7. The fraction of sp³-hybridized carbons (Fsp3) is 0.462. The van der Waals surface area contributed by atoms with Crippen LogP contribution < -0.4 is 0 Å². The molecule has 18 heavy (non-hydrogen) atoms. The first-order chi connectivity index (χ1) is 8.12. The number of Topliss-reactive ketones (excluding diaryl/α,β-unsaturated/α-hetero) is 1. The van der Waals surface area contributed by atoms with Crippen molar-refractivity contribution in [1.82, 2.24) is 0 Å². The molecule has 4 nitrogen and oxygen atoms in total. The number of hydrogen-bond acceptors (Lipinski definition) is 3. The lowest BCUT2D eigenvalue weighted by Crippen LogP contribution is -2.22. The molecule has 0 aliphatic rings. The van der Waals surface area contributed by atoms with Crippen LogP contribution in [0.5, 0.6) is 0 Å². The number of benzene rings is 1. The van der Waals surface area contributed by atoms with Crippen LogP contribution in [0.25, 0.3) is 0 Å². The van der Waals surface area contributed by atoms with Gasteiger partial charge in [0, 0.05) is 17.9 Å². The minimum Gasteiger partial charge on any atom is -0.299 e. The lowest BCUT2D eigenvalue weighted by Gasteiger charge is -2.17. The molecule has 0 atom stereocenters. The summed E-state index contributed by atoms with van der Waals surface area (Å²) in [5.74, 6) is 0.0792. The van der Waals surface area contributed by atoms with Gasteiger partial charge in [0.2, 0.25) is 0 Å². The maximum atomic E-state index is 11.9. The summed E-state index contributed by atoms with van der Waals surface area (Å²) in [6.07, 6.45) is 0.243. The summed E-state index contributed by atoms with van der Waals surface area (Å²) in [4.78, 5) is 22.1. The first-order valence-corrected chi connectivity index (χ1v) is 5.97. The molecule has 0 aliphatic heterocycles. The standard InChI is InChI=1S/C13H16ClNO3/c1-8-5-11(15(17)18)10(14)6-9(8)7-12(16)13(2,3)4/h5-6H,7H2,1-4H3. The topological polar surface area (TPSA) is 60.2 Å². The first-order valence-electron chi connectivity index (χ1n) is 5.59. The molecule has 0 aromatic heterocycles. The molecular weight excluding hydrogens is 254 g/mol. The number of ketones is 1. The van der Waals surface area contributed by atoms with E-state index in [1.807, 2.05) is 20.8 Å². The number of nitrogens with zero attached hydrogens (tertiary/aromatic N) is 1. The van der Waals surface area contributed by atoms with Gasteiger partial charge in [-0.2, -0.15) is 0 Å². The number of carbonyl (C=O) groups excluding carboxylic acids is 1. The van der Waals surface area contributed by atoms with Gasteiger partial charge in [0.25, 0.3) is 5.69 Å². The number of hydrogen-bond donors (Lipinski definition) is 0. The number of carbonyl (C=O) groups is 1. The molecule has 0 radical (unpaired) electrons. The van der Waals surface area contributed by atoms with Gasteiger partial charge in [-0.25, -0.2) is 0 Å². The minimum absolute atomic E-state index is 0.0716. The second kappa shape index (κ2) is 5.06. The van der Waals surface area contributed by atoms with Crippen molar-refractivity contribution in [1.29, 1.82) is 0 Å². The van der Waals surface area contributed by atoms with Crippen molar-refractivity contribution in [3.05, 3.63) is 38.4 Å². The van der Waals surface area contributed by atoms with Crippen molar-refractivity contribution in [3.63, 3.8) is 0 Å². The Labute approximate surface area is 111 Å². The van der Waals surface area contributed by atoms with Gasteiger partial charge in [-0.3, -0.25) is 14.9 Å². The van der Waals surface area contributed by atoms with Crippen molar-refractivity contribution in [2.45, 2.75) is 34.1 Å². The summed E-state index contributed by atoms with van der Waals surface area (Å²) < 4.78 is 0. The highest BCUT2D eigenvalue weighted by atomic mass is 35.5. The Morgan fingerprint density at radius 3 is 2.39 bits per heavy atom. The normalized spacial score (nSPS) is 11.4. The summed E-state index contributed by atoms with van der Waals surface area (Å²) in [7, 11) is 0. The van der Waals surface area contributed by atoms with Crippen molar-refractivity contribution < 1.29 is 9.72 Å². The Morgan fingerprint density at radius 2 is 1.94 bits per heavy atom. The number of aryl methyl sites for hydroxylation is 1. The molecule has 0 heterocycles. The van der Waals surface area contributed by atoms with E-state index in [4.69, 9.17) is 11.6 Å². The second-order valence-corrected chi connectivity index (χ2v) is 5.74. The minimum atomic E-state index is -0.523. The van der Waals surface area contributed by atoms with Gasteiger partial charge >= 0.3 is 0 Å². The smallest absolute Gasteiger partial charge is 0.288 e.